The second kappa shape index (κ2) is 7.96. The zero-order chi connectivity index (χ0) is 19.6. The monoisotopic (exact) mass is 358 g/mol. The zero-order valence-electron chi connectivity index (χ0n) is 17.4. The van der Waals surface area contributed by atoms with Crippen LogP contribution in [0.4, 0.5) is 5.69 Å². The number of benzene rings is 2. The van der Waals surface area contributed by atoms with Crippen LogP contribution >= 0.6 is 0 Å². The van der Waals surface area contributed by atoms with Gasteiger partial charge in [-0.15, -0.1) is 0 Å². The molecule has 140 valence electrons. The average Bonchev–Trinajstić information content (AvgIpc) is 2.86. The van der Waals surface area contributed by atoms with Gasteiger partial charge in [0.15, 0.2) is 0 Å². The number of allylic oxidation sites excluding steroid dienone is 4. The van der Waals surface area contributed by atoms with Crippen LogP contribution in [0, 0.1) is 26.7 Å². The highest BCUT2D eigenvalue weighted by Crippen LogP contribution is 2.34. The van der Waals surface area contributed by atoms with Gasteiger partial charge in [0.05, 0.1) is 11.4 Å². The molecule has 0 radical (unpaired) electrons. The number of nitrogens with zero attached hydrogens (tertiary/aromatic N) is 1. The molecule has 2 aromatic rings. The highest BCUT2D eigenvalue weighted by atomic mass is 15.3. The molecule has 1 atom stereocenters. The lowest BCUT2D eigenvalue weighted by Gasteiger charge is -2.16. The molecule has 2 heteroatoms. The van der Waals surface area contributed by atoms with E-state index < -0.39 is 0 Å². The maximum absolute atomic E-state index is 4.88. The van der Waals surface area contributed by atoms with E-state index in [9.17, 15) is 0 Å². The highest BCUT2D eigenvalue weighted by Gasteiger charge is 2.21. The van der Waals surface area contributed by atoms with Crippen LogP contribution in [0.5, 0.6) is 0 Å². The Kier molecular flexibility index (Phi) is 5.65. The number of hydrogen-bond donors (Lipinski definition) is 1. The van der Waals surface area contributed by atoms with Crippen LogP contribution < -0.4 is 5.43 Å². The lowest BCUT2D eigenvalue weighted by atomic mass is 9.91. The summed E-state index contributed by atoms with van der Waals surface area (Å²) in [6.07, 6.45) is 3.17. The molecule has 0 heterocycles. The van der Waals surface area contributed by atoms with Gasteiger partial charge >= 0.3 is 0 Å². The molecule has 0 fully saturated rings. The predicted octanol–water partition coefficient (Wildman–Crippen LogP) is 6.73. The number of nitrogens with one attached hydrogen (secondary N) is 1. The van der Waals surface area contributed by atoms with Gasteiger partial charge in [0.1, 0.15) is 0 Å². The van der Waals surface area contributed by atoms with Crippen LogP contribution in [-0.4, -0.2) is 5.71 Å². The molecule has 0 bridgehead atoms. The van der Waals surface area contributed by atoms with Gasteiger partial charge in [-0.1, -0.05) is 77.7 Å². The summed E-state index contributed by atoms with van der Waals surface area (Å²) in [5.41, 5.74) is 14.8. The third kappa shape index (κ3) is 4.21. The first-order valence-corrected chi connectivity index (χ1v) is 9.70. The second-order valence-corrected chi connectivity index (χ2v) is 7.81. The molecule has 0 aliphatic heterocycles. The smallest absolute Gasteiger partial charge is 0.0720 e. The zero-order valence-corrected chi connectivity index (χ0v) is 17.4. The van der Waals surface area contributed by atoms with Crippen LogP contribution in [0.2, 0.25) is 0 Å². The number of hydrogen-bond acceptors (Lipinski definition) is 2. The average molecular weight is 359 g/mol. The minimum Gasteiger partial charge on any atom is -0.278 e. The number of hydrazone groups is 1. The SMILES string of the molecule is CC1=CC(C)=C(CC(=NNc2c(C)cc(C)cc2C)c2ccccc2)C1C. The van der Waals surface area contributed by atoms with Crippen molar-refractivity contribution >= 4 is 11.4 Å². The van der Waals surface area contributed by atoms with E-state index in [2.05, 4.69) is 95.5 Å². The Morgan fingerprint density at radius 2 is 1.59 bits per heavy atom. The van der Waals surface area contributed by atoms with Crippen LogP contribution in [0.1, 0.15) is 49.4 Å². The first-order chi connectivity index (χ1) is 12.9. The van der Waals surface area contributed by atoms with Crippen molar-refractivity contribution in [2.75, 3.05) is 5.43 Å². The van der Waals surface area contributed by atoms with Gasteiger partial charge in [0.2, 0.25) is 0 Å². The predicted molar refractivity (Wildman–Crippen MR) is 117 cm³/mol. The summed E-state index contributed by atoms with van der Waals surface area (Å²) >= 11 is 0. The van der Waals surface area contributed by atoms with E-state index in [0.717, 1.165) is 17.8 Å². The number of anilines is 1. The third-order valence-corrected chi connectivity index (χ3v) is 5.60. The van der Waals surface area contributed by atoms with Crippen LogP contribution in [0.3, 0.4) is 0 Å². The Morgan fingerprint density at radius 3 is 2.15 bits per heavy atom. The normalized spacial score (nSPS) is 17.3. The number of rotatable bonds is 5. The maximum atomic E-state index is 4.88. The summed E-state index contributed by atoms with van der Waals surface area (Å²) in [6.45, 7) is 13.1. The first kappa shape index (κ1) is 19.2. The van der Waals surface area contributed by atoms with Crippen molar-refractivity contribution in [1.29, 1.82) is 0 Å². The minimum atomic E-state index is 0.488. The van der Waals surface area contributed by atoms with Crippen molar-refractivity contribution in [2.24, 2.45) is 11.0 Å². The van der Waals surface area contributed by atoms with Crippen LogP contribution in [-0.2, 0) is 0 Å². The van der Waals surface area contributed by atoms with E-state index >= 15 is 0 Å². The molecular weight excluding hydrogens is 328 g/mol. The molecule has 1 unspecified atom stereocenters. The van der Waals surface area contributed by atoms with Gasteiger partial charge in [-0.25, -0.2) is 0 Å². The Balaban J connectivity index is 1.95. The molecule has 27 heavy (non-hydrogen) atoms. The van der Waals surface area contributed by atoms with E-state index in [4.69, 9.17) is 5.10 Å². The van der Waals surface area contributed by atoms with Crippen molar-refractivity contribution in [1.82, 2.24) is 0 Å². The standard InChI is InChI=1S/C25H30N2/c1-16-12-19(4)25(20(5)13-16)27-26-24(22-10-8-7-9-11-22)15-23-18(3)14-17(2)21(23)6/h7-14,21,27H,15H2,1-6H3. The summed E-state index contributed by atoms with van der Waals surface area (Å²) < 4.78 is 0. The first-order valence-electron chi connectivity index (χ1n) is 9.70. The fourth-order valence-corrected chi connectivity index (χ4v) is 3.96. The fourth-order valence-electron chi connectivity index (χ4n) is 3.96. The third-order valence-electron chi connectivity index (χ3n) is 5.60. The van der Waals surface area contributed by atoms with E-state index in [1.807, 2.05) is 0 Å². The molecule has 0 saturated carbocycles. The molecule has 3 rings (SSSR count). The molecule has 1 aliphatic carbocycles. The van der Waals surface area contributed by atoms with Crippen molar-refractivity contribution in [3.8, 4) is 0 Å². The van der Waals surface area contributed by atoms with Crippen molar-refractivity contribution in [3.05, 3.63) is 87.5 Å². The minimum absolute atomic E-state index is 0.488. The molecule has 2 nitrogen and oxygen atoms in total. The topological polar surface area (TPSA) is 24.4 Å². The van der Waals surface area contributed by atoms with E-state index in [-0.39, 0.29) is 0 Å². The Morgan fingerprint density at radius 1 is 0.963 bits per heavy atom. The quantitative estimate of drug-likeness (QED) is 0.465. The summed E-state index contributed by atoms with van der Waals surface area (Å²) in [4.78, 5) is 0. The molecule has 2 aromatic carbocycles. The van der Waals surface area contributed by atoms with Crippen molar-refractivity contribution in [2.45, 2.75) is 48.0 Å². The summed E-state index contributed by atoms with van der Waals surface area (Å²) in [5, 5.41) is 4.88. The summed E-state index contributed by atoms with van der Waals surface area (Å²) in [6, 6.07) is 14.9. The molecule has 0 saturated heterocycles. The molecule has 1 N–H and O–H groups in total. The Labute approximate surface area is 163 Å². The van der Waals surface area contributed by atoms with Crippen LogP contribution in [0.25, 0.3) is 0 Å². The second-order valence-electron chi connectivity index (χ2n) is 7.81. The van der Waals surface area contributed by atoms with Gasteiger partial charge in [-0.3, -0.25) is 5.43 Å². The molecule has 1 aliphatic rings. The molecule has 0 aromatic heterocycles. The highest BCUT2D eigenvalue weighted by molar-refractivity contribution is 6.02. The fraction of sp³-hybridized carbons (Fsp3) is 0.320. The van der Waals surface area contributed by atoms with Gasteiger partial charge in [-0.2, -0.15) is 5.10 Å². The van der Waals surface area contributed by atoms with Crippen molar-refractivity contribution in [3.63, 3.8) is 0 Å². The molecular formula is C25H30N2. The summed E-state index contributed by atoms with van der Waals surface area (Å²) in [5.74, 6) is 0.488. The Hall–Kier alpha value is -2.61. The number of aryl methyl sites for hydroxylation is 3. The van der Waals surface area contributed by atoms with E-state index in [1.165, 1.54) is 39.0 Å². The van der Waals surface area contributed by atoms with Crippen LogP contribution in [0.15, 0.2) is 70.4 Å². The van der Waals surface area contributed by atoms with E-state index in [1.54, 1.807) is 0 Å². The van der Waals surface area contributed by atoms with Gasteiger partial charge < -0.3 is 0 Å². The maximum Gasteiger partial charge on any atom is 0.0720 e. The van der Waals surface area contributed by atoms with E-state index in [0.29, 0.717) is 5.92 Å². The Bertz CT molecular complexity index is 907. The molecule has 0 amide bonds. The lowest BCUT2D eigenvalue weighted by Crippen LogP contribution is -2.10. The van der Waals surface area contributed by atoms with Crippen molar-refractivity contribution < 1.29 is 0 Å². The molecule has 0 spiro atoms. The summed E-state index contributed by atoms with van der Waals surface area (Å²) in [7, 11) is 0. The van der Waals surface area contributed by atoms with Gasteiger partial charge in [0, 0.05) is 6.42 Å². The largest absolute Gasteiger partial charge is 0.278 e. The lowest BCUT2D eigenvalue weighted by molar-refractivity contribution is 0.800. The van der Waals surface area contributed by atoms with Gasteiger partial charge in [-0.05, 0) is 57.2 Å². The van der Waals surface area contributed by atoms with Gasteiger partial charge in [0.25, 0.3) is 0 Å².